The summed E-state index contributed by atoms with van der Waals surface area (Å²) in [5, 5.41) is 3.85. The molecule has 3 amide bonds. The first-order valence-corrected chi connectivity index (χ1v) is 12.1. The molecule has 0 aliphatic carbocycles. The fraction of sp³-hybridized carbons (Fsp3) is 0.462. The van der Waals surface area contributed by atoms with E-state index < -0.39 is 5.54 Å². The van der Waals surface area contributed by atoms with Crippen molar-refractivity contribution in [2.45, 2.75) is 31.3 Å². The number of nitrogens with one attached hydrogen (secondary N) is 1. The lowest BCUT2D eigenvalue weighted by Crippen LogP contribution is -2.57. The van der Waals surface area contributed by atoms with Gasteiger partial charge in [0.1, 0.15) is 11.3 Å². The summed E-state index contributed by atoms with van der Waals surface area (Å²) >= 11 is 6.15. The van der Waals surface area contributed by atoms with Crippen LogP contribution in [0.5, 0.6) is 5.75 Å². The van der Waals surface area contributed by atoms with Crippen molar-refractivity contribution in [2.75, 3.05) is 40.5 Å². The molecule has 0 radical (unpaired) electrons. The Bertz CT molecular complexity index is 1020. The van der Waals surface area contributed by atoms with Gasteiger partial charge in [-0.25, -0.2) is 4.79 Å². The number of carbonyl (C=O) groups excluding carboxylic acids is 2. The number of halogens is 1. The van der Waals surface area contributed by atoms with Gasteiger partial charge in [-0.05, 0) is 67.2 Å². The highest BCUT2D eigenvalue weighted by molar-refractivity contribution is 6.30. The monoisotopic (exact) mass is 485 g/mol. The van der Waals surface area contributed by atoms with E-state index in [-0.39, 0.29) is 24.4 Å². The summed E-state index contributed by atoms with van der Waals surface area (Å²) in [5.74, 6) is 0.598. The molecule has 0 bridgehead atoms. The number of nitrogens with zero attached hydrogens (tertiary/aromatic N) is 2. The van der Waals surface area contributed by atoms with Crippen molar-refractivity contribution >= 4 is 23.5 Å². The first kappa shape index (κ1) is 24.5. The van der Waals surface area contributed by atoms with Crippen molar-refractivity contribution in [1.82, 2.24) is 15.1 Å². The molecule has 0 aromatic heterocycles. The van der Waals surface area contributed by atoms with Crippen LogP contribution in [0.2, 0.25) is 5.02 Å². The number of methoxy groups -OCH3 is 2. The van der Waals surface area contributed by atoms with Crippen LogP contribution < -0.4 is 10.1 Å². The number of benzene rings is 2. The zero-order valence-corrected chi connectivity index (χ0v) is 20.5. The summed E-state index contributed by atoms with van der Waals surface area (Å²) in [6.07, 6.45) is 2.06. The third-order valence-corrected chi connectivity index (χ3v) is 7.15. The smallest absolute Gasteiger partial charge is 0.325 e. The number of piperidine rings is 1. The lowest BCUT2D eigenvalue weighted by Gasteiger charge is -2.41. The molecule has 2 aliphatic heterocycles. The molecule has 7 nitrogen and oxygen atoms in total. The SMILES string of the molecule is COCCN1C(=O)N[C@@](Cc2cccc(OC)c2)(C2CCN(Cc3cccc(Cl)c3)CC2)C1=O. The van der Waals surface area contributed by atoms with Gasteiger partial charge in [0.25, 0.3) is 5.91 Å². The fourth-order valence-corrected chi connectivity index (χ4v) is 5.37. The van der Waals surface area contributed by atoms with E-state index in [0.29, 0.717) is 13.0 Å². The van der Waals surface area contributed by atoms with Crippen molar-refractivity contribution < 1.29 is 19.1 Å². The molecule has 2 aromatic rings. The van der Waals surface area contributed by atoms with Gasteiger partial charge < -0.3 is 14.8 Å². The van der Waals surface area contributed by atoms with Crippen LogP contribution in [0.1, 0.15) is 24.0 Å². The van der Waals surface area contributed by atoms with E-state index in [4.69, 9.17) is 21.1 Å². The van der Waals surface area contributed by atoms with Gasteiger partial charge >= 0.3 is 6.03 Å². The number of rotatable bonds is 9. The lowest BCUT2D eigenvalue weighted by atomic mass is 9.74. The largest absolute Gasteiger partial charge is 0.497 e. The van der Waals surface area contributed by atoms with Crippen LogP contribution in [0.3, 0.4) is 0 Å². The van der Waals surface area contributed by atoms with Gasteiger partial charge in [-0.2, -0.15) is 0 Å². The number of imide groups is 1. The van der Waals surface area contributed by atoms with Crippen molar-refractivity contribution in [3.8, 4) is 5.75 Å². The summed E-state index contributed by atoms with van der Waals surface area (Å²) in [6.45, 7) is 3.06. The molecule has 1 N–H and O–H groups in total. The number of hydrogen-bond acceptors (Lipinski definition) is 5. The van der Waals surface area contributed by atoms with E-state index in [9.17, 15) is 9.59 Å². The maximum Gasteiger partial charge on any atom is 0.325 e. The average molecular weight is 486 g/mol. The Morgan fingerprint density at radius 1 is 1.06 bits per heavy atom. The van der Waals surface area contributed by atoms with Gasteiger partial charge in [0.2, 0.25) is 0 Å². The normalized spacial score (nSPS) is 21.7. The molecule has 0 saturated carbocycles. The molecule has 34 heavy (non-hydrogen) atoms. The second-order valence-electron chi connectivity index (χ2n) is 9.06. The quantitative estimate of drug-likeness (QED) is 0.548. The molecule has 182 valence electrons. The molecule has 1 atom stereocenters. The van der Waals surface area contributed by atoms with Crippen LogP contribution in [0, 0.1) is 5.92 Å². The number of urea groups is 1. The minimum absolute atomic E-state index is 0.0262. The summed E-state index contributed by atoms with van der Waals surface area (Å²) in [7, 11) is 3.19. The standard InChI is InChI=1S/C26H32ClN3O4/c1-33-14-13-30-24(31)26(28-25(30)32,17-19-5-4-8-23(16-19)34-2)21-9-11-29(12-10-21)18-20-6-3-7-22(27)15-20/h3-8,15-16,21H,9-14,17-18H2,1-2H3,(H,28,32)/t26-/m0/s1. The summed E-state index contributed by atoms with van der Waals surface area (Å²) in [4.78, 5) is 30.3. The molecular weight excluding hydrogens is 454 g/mol. The topological polar surface area (TPSA) is 71.1 Å². The van der Waals surface area contributed by atoms with E-state index in [0.717, 1.165) is 48.8 Å². The molecule has 2 aliphatic rings. The van der Waals surface area contributed by atoms with Gasteiger partial charge in [0, 0.05) is 25.1 Å². The van der Waals surface area contributed by atoms with Crippen LogP contribution in [0.15, 0.2) is 48.5 Å². The third kappa shape index (κ3) is 5.22. The van der Waals surface area contributed by atoms with Crippen molar-refractivity contribution in [3.63, 3.8) is 0 Å². The molecule has 2 aromatic carbocycles. The molecule has 2 fully saturated rings. The van der Waals surface area contributed by atoms with Gasteiger partial charge in [0.05, 0.1) is 20.3 Å². The zero-order valence-electron chi connectivity index (χ0n) is 19.8. The van der Waals surface area contributed by atoms with Gasteiger partial charge in [-0.15, -0.1) is 0 Å². The molecular formula is C26H32ClN3O4. The number of amides is 3. The van der Waals surface area contributed by atoms with Crippen molar-refractivity contribution in [3.05, 3.63) is 64.7 Å². The Morgan fingerprint density at radius 2 is 1.79 bits per heavy atom. The number of hydrogen-bond donors (Lipinski definition) is 1. The van der Waals surface area contributed by atoms with E-state index in [1.807, 2.05) is 42.5 Å². The first-order chi connectivity index (χ1) is 16.4. The van der Waals surface area contributed by atoms with Crippen LogP contribution in [0.25, 0.3) is 0 Å². The molecule has 0 unspecified atom stereocenters. The Kier molecular flexibility index (Phi) is 7.76. The van der Waals surface area contributed by atoms with Crippen LogP contribution >= 0.6 is 11.6 Å². The van der Waals surface area contributed by atoms with Gasteiger partial charge in [0.15, 0.2) is 0 Å². The number of likely N-dealkylation sites (tertiary alicyclic amines) is 1. The number of ether oxygens (including phenoxy) is 2. The maximum atomic E-state index is 13.7. The van der Waals surface area contributed by atoms with Crippen LogP contribution in [0.4, 0.5) is 4.79 Å². The van der Waals surface area contributed by atoms with E-state index in [1.54, 1.807) is 14.2 Å². The Morgan fingerprint density at radius 3 is 2.50 bits per heavy atom. The molecule has 2 saturated heterocycles. The Labute approximate surface area is 206 Å². The Hall–Kier alpha value is -2.61. The van der Waals surface area contributed by atoms with Crippen molar-refractivity contribution in [2.24, 2.45) is 5.92 Å². The maximum absolute atomic E-state index is 13.7. The van der Waals surface area contributed by atoms with Gasteiger partial charge in [-0.1, -0.05) is 35.9 Å². The molecule has 8 heteroatoms. The first-order valence-electron chi connectivity index (χ1n) is 11.7. The lowest BCUT2D eigenvalue weighted by molar-refractivity contribution is -0.134. The molecule has 4 rings (SSSR count). The second-order valence-corrected chi connectivity index (χ2v) is 9.50. The Balaban J connectivity index is 1.54. The molecule has 0 spiro atoms. The third-order valence-electron chi connectivity index (χ3n) is 6.92. The van der Waals surface area contributed by atoms with E-state index in [1.165, 1.54) is 10.5 Å². The highest BCUT2D eigenvalue weighted by Crippen LogP contribution is 2.37. The van der Waals surface area contributed by atoms with E-state index in [2.05, 4.69) is 16.3 Å². The summed E-state index contributed by atoms with van der Waals surface area (Å²) in [6, 6.07) is 15.3. The summed E-state index contributed by atoms with van der Waals surface area (Å²) < 4.78 is 10.5. The predicted octanol–water partition coefficient (Wildman–Crippen LogP) is 3.74. The zero-order chi connectivity index (χ0) is 24.1. The van der Waals surface area contributed by atoms with Gasteiger partial charge in [-0.3, -0.25) is 14.6 Å². The van der Waals surface area contributed by atoms with Crippen LogP contribution in [-0.4, -0.2) is 67.7 Å². The highest BCUT2D eigenvalue weighted by Gasteiger charge is 2.55. The van der Waals surface area contributed by atoms with Crippen molar-refractivity contribution in [1.29, 1.82) is 0 Å². The van der Waals surface area contributed by atoms with Crippen LogP contribution in [-0.2, 0) is 22.5 Å². The number of carbonyl (C=O) groups is 2. The minimum Gasteiger partial charge on any atom is -0.497 e. The fourth-order valence-electron chi connectivity index (χ4n) is 5.15. The molecule has 2 heterocycles. The van der Waals surface area contributed by atoms with E-state index >= 15 is 0 Å². The highest BCUT2D eigenvalue weighted by atomic mass is 35.5. The predicted molar refractivity (Wildman–Crippen MR) is 131 cm³/mol. The minimum atomic E-state index is -0.973. The average Bonchev–Trinajstić information content (AvgIpc) is 3.07. The summed E-state index contributed by atoms with van der Waals surface area (Å²) in [5.41, 5.74) is 1.16. The second kappa shape index (κ2) is 10.8.